The molecule has 0 fully saturated rings. The van der Waals surface area contributed by atoms with Crippen molar-refractivity contribution in [2.75, 3.05) is 6.54 Å². The van der Waals surface area contributed by atoms with Gasteiger partial charge >= 0.3 is 0 Å². The molecular formula is C15H21FN2O2. The topological polar surface area (TPSA) is 49.4 Å². The molecule has 1 rings (SSSR count). The van der Waals surface area contributed by atoms with Crippen LogP contribution in [0.5, 0.6) is 0 Å². The summed E-state index contributed by atoms with van der Waals surface area (Å²) >= 11 is 0. The number of rotatable bonds is 6. The van der Waals surface area contributed by atoms with E-state index in [2.05, 4.69) is 5.32 Å². The molecule has 0 heterocycles. The molecule has 0 aliphatic heterocycles. The first-order valence-electron chi connectivity index (χ1n) is 6.81. The second-order valence-corrected chi connectivity index (χ2v) is 4.54. The van der Waals surface area contributed by atoms with Gasteiger partial charge in [-0.25, -0.2) is 4.39 Å². The lowest BCUT2D eigenvalue weighted by atomic mass is 10.1. The molecule has 2 amide bonds. The van der Waals surface area contributed by atoms with Crippen molar-refractivity contribution < 1.29 is 14.0 Å². The lowest BCUT2D eigenvalue weighted by molar-refractivity contribution is -0.140. The summed E-state index contributed by atoms with van der Waals surface area (Å²) in [6, 6.07) is 5.65. The van der Waals surface area contributed by atoms with E-state index in [0.717, 1.165) is 0 Å². The van der Waals surface area contributed by atoms with Gasteiger partial charge < -0.3 is 10.2 Å². The quantitative estimate of drug-likeness (QED) is 0.867. The van der Waals surface area contributed by atoms with Crippen LogP contribution >= 0.6 is 0 Å². The average Bonchev–Trinajstić information content (AvgIpc) is 2.45. The van der Waals surface area contributed by atoms with E-state index in [-0.39, 0.29) is 30.6 Å². The monoisotopic (exact) mass is 280 g/mol. The highest BCUT2D eigenvalue weighted by Gasteiger charge is 2.25. The number of halogens is 1. The van der Waals surface area contributed by atoms with E-state index >= 15 is 0 Å². The molecule has 0 saturated heterocycles. The maximum atomic E-state index is 13.7. The predicted octanol–water partition coefficient (Wildman–Crippen LogP) is 2.09. The average molecular weight is 280 g/mol. The van der Waals surface area contributed by atoms with Crippen LogP contribution in [-0.2, 0) is 16.1 Å². The minimum absolute atomic E-state index is 0.0949. The fourth-order valence-electron chi connectivity index (χ4n) is 1.92. The van der Waals surface area contributed by atoms with E-state index in [0.29, 0.717) is 12.1 Å². The van der Waals surface area contributed by atoms with E-state index < -0.39 is 6.04 Å². The fraction of sp³-hybridized carbons (Fsp3) is 0.467. The van der Waals surface area contributed by atoms with Crippen molar-refractivity contribution in [3.05, 3.63) is 35.6 Å². The van der Waals surface area contributed by atoms with Gasteiger partial charge in [0.15, 0.2) is 0 Å². The lowest BCUT2D eigenvalue weighted by Crippen LogP contribution is -2.47. The third kappa shape index (κ3) is 4.05. The van der Waals surface area contributed by atoms with Gasteiger partial charge in [-0.3, -0.25) is 9.59 Å². The Hall–Kier alpha value is -1.91. The molecule has 0 spiro atoms. The second-order valence-electron chi connectivity index (χ2n) is 4.54. The maximum absolute atomic E-state index is 13.7. The normalized spacial score (nSPS) is 11.8. The van der Waals surface area contributed by atoms with E-state index in [1.54, 1.807) is 32.0 Å². The molecule has 0 radical (unpaired) electrons. The lowest BCUT2D eigenvalue weighted by Gasteiger charge is -2.28. The molecule has 5 heteroatoms. The standard InChI is InChI=1S/C15H21FN2O2/c1-4-14(19)18(11(3)15(20)17-5-2)10-12-8-6-7-9-13(12)16/h6-9,11H,4-5,10H2,1-3H3,(H,17,20)/t11-/m0/s1. The summed E-state index contributed by atoms with van der Waals surface area (Å²) < 4.78 is 13.7. The zero-order valence-corrected chi connectivity index (χ0v) is 12.1. The number of hydrogen-bond donors (Lipinski definition) is 1. The highest BCUT2D eigenvalue weighted by atomic mass is 19.1. The zero-order chi connectivity index (χ0) is 15.1. The Morgan fingerprint density at radius 3 is 2.50 bits per heavy atom. The molecule has 0 unspecified atom stereocenters. The molecule has 0 bridgehead atoms. The molecule has 0 saturated carbocycles. The number of carbonyl (C=O) groups excluding carboxylic acids is 2. The summed E-state index contributed by atoms with van der Waals surface area (Å²) in [5, 5.41) is 2.68. The summed E-state index contributed by atoms with van der Waals surface area (Å²) in [5.41, 5.74) is 0.408. The van der Waals surface area contributed by atoms with Crippen LogP contribution in [0.1, 0.15) is 32.8 Å². The van der Waals surface area contributed by atoms with Gasteiger partial charge in [-0.05, 0) is 19.9 Å². The molecule has 110 valence electrons. The number of nitrogens with zero attached hydrogens (tertiary/aromatic N) is 1. The van der Waals surface area contributed by atoms with Crippen molar-refractivity contribution in [2.45, 2.75) is 39.8 Å². The highest BCUT2D eigenvalue weighted by molar-refractivity contribution is 5.87. The van der Waals surface area contributed by atoms with Gasteiger partial charge in [0.2, 0.25) is 11.8 Å². The second kappa shape index (κ2) is 7.62. The summed E-state index contributed by atoms with van der Waals surface area (Å²) in [7, 11) is 0. The molecular weight excluding hydrogens is 259 g/mol. The molecule has 0 aliphatic rings. The van der Waals surface area contributed by atoms with Crippen LogP contribution in [0.15, 0.2) is 24.3 Å². The van der Waals surface area contributed by atoms with Crippen molar-refractivity contribution in [3.63, 3.8) is 0 Å². The summed E-state index contributed by atoms with van der Waals surface area (Å²) in [6.07, 6.45) is 0.276. The molecule has 4 nitrogen and oxygen atoms in total. The first-order chi connectivity index (χ1) is 9.51. The van der Waals surface area contributed by atoms with Crippen molar-refractivity contribution in [1.82, 2.24) is 10.2 Å². The van der Waals surface area contributed by atoms with Gasteiger partial charge in [0, 0.05) is 25.1 Å². The van der Waals surface area contributed by atoms with Crippen molar-refractivity contribution in [2.24, 2.45) is 0 Å². The Bertz CT molecular complexity index is 477. The Morgan fingerprint density at radius 1 is 1.30 bits per heavy atom. The molecule has 1 aromatic rings. The number of nitrogens with one attached hydrogen (secondary N) is 1. The van der Waals surface area contributed by atoms with Crippen LogP contribution in [-0.4, -0.2) is 29.3 Å². The number of likely N-dealkylation sites (N-methyl/N-ethyl adjacent to an activating group) is 1. The first-order valence-corrected chi connectivity index (χ1v) is 6.81. The van der Waals surface area contributed by atoms with Crippen LogP contribution < -0.4 is 5.32 Å². The molecule has 1 N–H and O–H groups in total. The molecule has 0 aliphatic carbocycles. The summed E-state index contributed by atoms with van der Waals surface area (Å²) in [4.78, 5) is 25.3. The highest BCUT2D eigenvalue weighted by Crippen LogP contribution is 2.13. The summed E-state index contributed by atoms with van der Waals surface area (Å²) in [6.45, 7) is 5.78. The van der Waals surface area contributed by atoms with Crippen LogP contribution in [0.25, 0.3) is 0 Å². The van der Waals surface area contributed by atoms with E-state index in [4.69, 9.17) is 0 Å². The van der Waals surface area contributed by atoms with Crippen LogP contribution in [0.4, 0.5) is 4.39 Å². The largest absolute Gasteiger partial charge is 0.355 e. The molecule has 20 heavy (non-hydrogen) atoms. The molecule has 1 aromatic carbocycles. The predicted molar refractivity (Wildman–Crippen MR) is 75.4 cm³/mol. The third-order valence-electron chi connectivity index (χ3n) is 3.12. The summed E-state index contributed by atoms with van der Waals surface area (Å²) in [5.74, 6) is -0.776. The van der Waals surface area contributed by atoms with Gasteiger partial charge in [0.05, 0.1) is 0 Å². The zero-order valence-electron chi connectivity index (χ0n) is 12.1. The van der Waals surface area contributed by atoms with E-state index in [1.807, 2.05) is 6.92 Å². The minimum Gasteiger partial charge on any atom is -0.355 e. The number of amides is 2. The minimum atomic E-state index is -0.623. The van der Waals surface area contributed by atoms with Gasteiger partial charge in [-0.1, -0.05) is 25.1 Å². The van der Waals surface area contributed by atoms with Gasteiger partial charge in [0.1, 0.15) is 11.9 Å². The Morgan fingerprint density at radius 2 is 1.95 bits per heavy atom. The van der Waals surface area contributed by atoms with Gasteiger partial charge in [-0.15, -0.1) is 0 Å². The Labute approximate surface area is 119 Å². The van der Waals surface area contributed by atoms with Crippen LogP contribution in [0, 0.1) is 5.82 Å². The molecule has 1 atom stereocenters. The Kier molecular flexibility index (Phi) is 6.15. The van der Waals surface area contributed by atoms with Crippen molar-refractivity contribution in [1.29, 1.82) is 0 Å². The van der Waals surface area contributed by atoms with E-state index in [1.165, 1.54) is 11.0 Å². The maximum Gasteiger partial charge on any atom is 0.242 e. The number of carbonyl (C=O) groups is 2. The first kappa shape index (κ1) is 16.1. The third-order valence-corrected chi connectivity index (χ3v) is 3.12. The smallest absolute Gasteiger partial charge is 0.242 e. The van der Waals surface area contributed by atoms with Crippen molar-refractivity contribution in [3.8, 4) is 0 Å². The van der Waals surface area contributed by atoms with E-state index in [9.17, 15) is 14.0 Å². The van der Waals surface area contributed by atoms with Crippen LogP contribution in [0.3, 0.4) is 0 Å². The Balaban J connectivity index is 2.93. The number of hydrogen-bond acceptors (Lipinski definition) is 2. The van der Waals surface area contributed by atoms with Crippen LogP contribution in [0.2, 0.25) is 0 Å². The SMILES string of the molecule is CCNC(=O)[C@H](C)N(Cc1ccccc1F)C(=O)CC. The number of benzene rings is 1. The van der Waals surface area contributed by atoms with Gasteiger partial charge in [-0.2, -0.15) is 0 Å². The molecule has 0 aromatic heterocycles. The van der Waals surface area contributed by atoms with Crippen molar-refractivity contribution >= 4 is 11.8 Å². The fourth-order valence-corrected chi connectivity index (χ4v) is 1.92. The van der Waals surface area contributed by atoms with Gasteiger partial charge in [0.25, 0.3) is 0 Å².